The molecule has 0 aliphatic rings. The predicted octanol–water partition coefficient (Wildman–Crippen LogP) is 3.52. The second-order valence-corrected chi connectivity index (χ2v) is 4.40. The van der Waals surface area contributed by atoms with Crippen molar-refractivity contribution in [2.24, 2.45) is 0 Å². The zero-order valence-corrected chi connectivity index (χ0v) is 11.1. The topological polar surface area (TPSA) is 58.9 Å². The molecule has 0 amide bonds. The van der Waals surface area contributed by atoms with Crippen molar-refractivity contribution in [3.63, 3.8) is 0 Å². The third-order valence-electron chi connectivity index (χ3n) is 2.72. The summed E-state index contributed by atoms with van der Waals surface area (Å²) in [6, 6.07) is 8.16. The van der Waals surface area contributed by atoms with E-state index in [-0.39, 0.29) is 11.5 Å². The summed E-state index contributed by atoms with van der Waals surface area (Å²) >= 11 is 0. The molecule has 0 saturated heterocycles. The number of rotatable bonds is 3. The molecule has 0 heterocycles. The summed E-state index contributed by atoms with van der Waals surface area (Å²) in [5.41, 5.74) is 1.62. The average molecular weight is 260 g/mol. The Kier molecular flexibility index (Phi) is 3.51. The zero-order chi connectivity index (χ0) is 14.0. The van der Waals surface area contributed by atoms with E-state index in [1.165, 1.54) is 19.2 Å². The van der Waals surface area contributed by atoms with Crippen LogP contribution >= 0.6 is 0 Å². The molecule has 100 valence electrons. The number of hydrogen-bond acceptors (Lipinski definition) is 4. The van der Waals surface area contributed by atoms with E-state index in [4.69, 9.17) is 9.47 Å². The standard InChI is InChI=1S/C15H16O4/c1-9-4-11(16)7-13(5-9)19-15-10(2)6-12(18-3)8-14(15)17/h4-8,16-17H,1-3H3. The van der Waals surface area contributed by atoms with Crippen LogP contribution < -0.4 is 9.47 Å². The fourth-order valence-electron chi connectivity index (χ4n) is 1.88. The Morgan fingerprint density at radius 3 is 2.21 bits per heavy atom. The molecule has 2 rings (SSSR count). The highest BCUT2D eigenvalue weighted by Gasteiger charge is 2.11. The van der Waals surface area contributed by atoms with Crippen LogP contribution in [-0.2, 0) is 0 Å². The van der Waals surface area contributed by atoms with Gasteiger partial charge in [-0.3, -0.25) is 0 Å². The van der Waals surface area contributed by atoms with E-state index >= 15 is 0 Å². The van der Waals surface area contributed by atoms with Gasteiger partial charge in [-0.2, -0.15) is 0 Å². The third kappa shape index (κ3) is 2.91. The second-order valence-electron chi connectivity index (χ2n) is 4.40. The summed E-state index contributed by atoms with van der Waals surface area (Å²) in [5.74, 6) is 1.51. The van der Waals surface area contributed by atoms with Crippen molar-refractivity contribution in [3.8, 4) is 28.7 Å². The van der Waals surface area contributed by atoms with Gasteiger partial charge in [0.05, 0.1) is 7.11 Å². The van der Waals surface area contributed by atoms with Crippen LogP contribution in [0.1, 0.15) is 11.1 Å². The van der Waals surface area contributed by atoms with Gasteiger partial charge in [0.25, 0.3) is 0 Å². The summed E-state index contributed by atoms with van der Waals surface area (Å²) in [5, 5.41) is 19.5. The van der Waals surface area contributed by atoms with Gasteiger partial charge in [-0.1, -0.05) is 0 Å². The lowest BCUT2D eigenvalue weighted by Crippen LogP contribution is -1.91. The zero-order valence-electron chi connectivity index (χ0n) is 11.1. The Morgan fingerprint density at radius 2 is 1.63 bits per heavy atom. The molecule has 0 fully saturated rings. The summed E-state index contributed by atoms with van der Waals surface area (Å²) in [7, 11) is 1.54. The lowest BCUT2D eigenvalue weighted by atomic mass is 10.2. The van der Waals surface area contributed by atoms with Crippen LogP contribution in [0.25, 0.3) is 0 Å². The first-order valence-electron chi connectivity index (χ1n) is 5.85. The quantitative estimate of drug-likeness (QED) is 0.886. The van der Waals surface area contributed by atoms with E-state index in [2.05, 4.69) is 0 Å². The monoisotopic (exact) mass is 260 g/mol. The summed E-state index contributed by atoms with van der Waals surface area (Å²) in [6.07, 6.45) is 0. The van der Waals surface area contributed by atoms with Crippen LogP contribution in [0.5, 0.6) is 28.7 Å². The summed E-state index contributed by atoms with van der Waals surface area (Å²) in [6.45, 7) is 3.67. The Hall–Kier alpha value is -2.36. The lowest BCUT2D eigenvalue weighted by Gasteiger charge is -2.13. The first-order valence-corrected chi connectivity index (χ1v) is 5.85. The third-order valence-corrected chi connectivity index (χ3v) is 2.72. The molecule has 2 aromatic rings. The fourth-order valence-corrected chi connectivity index (χ4v) is 1.88. The Bertz CT molecular complexity index is 562. The molecule has 0 atom stereocenters. The number of aromatic hydroxyl groups is 2. The highest BCUT2D eigenvalue weighted by molar-refractivity contribution is 5.52. The van der Waals surface area contributed by atoms with Crippen molar-refractivity contribution in [2.45, 2.75) is 13.8 Å². The van der Waals surface area contributed by atoms with Crippen LogP contribution in [0.15, 0.2) is 30.3 Å². The van der Waals surface area contributed by atoms with E-state index < -0.39 is 0 Å². The molecular weight excluding hydrogens is 244 g/mol. The predicted molar refractivity (Wildman–Crippen MR) is 72.3 cm³/mol. The Labute approximate surface area is 111 Å². The van der Waals surface area contributed by atoms with Gasteiger partial charge >= 0.3 is 0 Å². The molecule has 0 spiro atoms. The van der Waals surface area contributed by atoms with Crippen molar-refractivity contribution < 1.29 is 19.7 Å². The fraction of sp³-hybridized carbons (Fsp3) is 0.200. The SMILES string of the molecule is COc1cc(C)c(Oc2cc(C)cc(O)c2)c(O)c1. The van der Waals surface area contributed by atoms with Gasteiger partial charge in [-0.25, -0.2) is 0 Å². The van der Waals surface area contributed by atoms with Crippen molar-refractivity contribution in [3.05, 3.63) is 41.5 Å². The minimum Gasteiger partial charge on any atom is -0.508 e. The molecule has 0 aromatic heterocycles. The molecule has 0 aliphatic heterocycles. The molecule has 2 aromatic carbocycles. The maximum absolute atomic E-state index is 9.94. The smallest absolute Gasteiger partial charge is 0.172 e. The maximum atomic E-state index is 9.94. The van der Waals surface area contributed by atoms with Crippen LogP contribution in [0.2, 0.25) is 0 Å². The van der Waals surface area contributed by atoms with Crippen molar-refractivity contribution in [1.82, 2.24) is 0 Å². The van der Waals surface area contributed by atoms with Crippen LogP contribution in [0.4, 0.5) is 0 Å². The first kappa shape index (κ1) is 13.1. The Balaban J connectivity index is 2.38. The van der Waals surface area contributed by atoms with Gasteiger partial charge in [0, 0.05) is 12.1 Å². The summed E-state index contributed by atoms with van der Waals surface area (Å²) < 4.78 is 10.7. The molecule has 4 heteroatoms. The molecule has 19 heavy (non-hydrogen) atoms. The van der Waals surface area contributed by atoms with Crippen LogP contribution in [-0.4, -0.2) is 17.3 Å². The maximum Gasteiger partial charge on any atom is 0.172 e. The number of aryl methyl sites for hydroxylation is 2. The van der Waals surface area contributed by atoms with Gasteiger partial charge in [0.15, 0.2) is 11.5 Å². The molecule has 0 bridgehead atoms. The van der Waals surface area contributed by atoms with E-state index in [0.29, 0.717) is 17.2 Å². The van der Waals surface area contributed by atoms with Crippen LogP contribution in [0.3, 0.4) is 0 Å². The van der Waals surface area contributed by atoms with E-state index in [9.17, 15) is 10.2 Å². The number of benzene rings is 2. The van der Waals surface area contributed by atoms with Crippen molar-refractivity contribution in [1.29, 1.82) is 0 Å². The van der Waals surface area contributed by atoms with Gasteiger partial charge in [-0.05, 0) is 43.2 Å². The number of hydrogen-bond donors (Lipinski definition) is 2. The molecule has 0 saturated carbocycles. The average Bonchev–Trinajstić information content (AvgIpc) is 2.32. The minimum absolute atomic E-state index is 0.00199. The number of phenols is 2. The van der Waals surface area contributed by atoms with E-state index in [0.717, 1.165) is 11.1 Å². The minimum atomic E-state index is -0.00199. The van der Waals surface area contributed by atoms with E-state index in [1.807, 2.05) is 13.8 Å². The number of ether oxygens (including phenoxy) is 2. The highest BCUT2D eigenvalue weighted by atomic mass is 16.5. The Morgan fingerprint density at radius 1 is 0.895 bits per heavy atom. The van der Waals surface area contributed by atoms with Crippen LogP contribution in [0, 0.1) is 13.8 Å². The molecule has 0 radical (unpaired) electrons. The molecule has 0 unspecified atom stereocenters. The lowest BCUT2D eigenvalue weighted by molar-refractivity contribution is 0.387. The first-order chi connectivity index (χ1) is 8.99. The largest absolute Gasteiger partial charge is 0.508 e. The van der Waals surface area contributed by atoms with Gasteiger partial charge in [0.1, 0.15) is 17.2 Å². The second kappa shape index (κ2) is 5.10. The molecule has 2 N–H and O–H groups in total. The van der Waals surface area contributed by atoms with E-state index in [1.54, 1.807) is 18.2 Å². The van der Waals surface area contributed by atoms with Gasteiger partial charge in [0.2, 0.25) is 0 Å². The highest BCUT2D eigenvalue weighted by Crippen LogP contribution is 2.38. The number of phenolic OH excluding ortho intramolecular Hbond substituents is 2. The molecule has 0 aliphatic carbocycles. The molecular formula is C15H16O4. The van der Waals surface area contributed by atoms with Gasteiger partial charge in [-0.15, -0.1) is 0 Å². The van der Waals surface area contributed by atoms with Gasteiger partial charge < -0.3 is 19.7 Å². The number of methoxy groups -OCH3 is 1. The molecule has 4 nitrogen and oxygen atoms in total. The van der Waals surface area contributed by atoms with Crippen molar-refractivity contribution in [2.75, 3.05) is 7.11 Å². The normalized spacial score (nSPS) is 10.3. The van der Waals surface area contributed by atoms with Crippen molar-refractivity contribution >= 4 is 0 Å². The summed E-state index contributed by atoms with van der Waals surface area (Å²) in [4.78, 5) is 0.